The maximum absolute atomic E-state index is 12.5. The summed E-state index contributed by atoms with van der Waals surface area (Å²) in [7, 11) is 0. The van der Waals surface area contributed by atoms with Gasteiger partial charge in [0.25, 0.3) is 0 Å². The highest BCUT2D eigenvalue weighted by atomic mass is 16.5. The van der Waals surface area contributed by atoms with E-state index >= 15 is 0 Å². The average Bonchev–Trinajstić information content (AvgIpc) is 2.96. The van der Waals surface area contributed by atoms with Crippen molar-refractivity contribution in [1.82, 2.24) is 0 Å². The van der Waals surface area contributed by atoms with E-state index in [0.29, 0.717) is 29.9 Å². The monoisotopic (exact) mass is 527 g/mol. The van der Waals surface area contributed by atoms with E-state index in [9.17, 15) is 19.8 Å². The van der Waals surface area contributed by atoms with Crippen molar-refractivity contribution in [2.24, 2.45) is 0 Å². The Bertz CT molecular complexity index is 1990. The van der Waals surface area contributed by atoms with E-state index in [0.717, 1.165) is 57.1 Å². The number of ether oxygens (including phenoxy) is 1. The van der Waals surface area contributed by atoms with Crippen LogP contribution in [0.2, 0.25) is 0 Å². The van der Waals surface area contributed by atoms with E-state index in [-0.39, 0.29) is 11.1 Å². The number of hydrogen-bond donors (Lipinski definition) is 2. The van der Waals surface area contributed by atoms with Crippen LogP contribution < -0.4 is 24.8 Å². The lowest BCUT2D eigenvalue weighted by Crippen LogP contribution is -2.57. The van der Waals surface area contributed by atoms with Crippen molar-refractivity contribution in [2.45, 2.75) is 19.3 Å². The molecule has 5 aliphatic rings. The summed E-state index contributed by atoms with van der Waals surface area (Å²) in [5.41, 5.74) is 7.26. The molecule has 3 aromatic rings. The van der Waals surface area contributed by atoms with Crippen molar-refractivity contribution in [3.8, 4) is 5.75 Å². The van der Waals surface area contributed by atoms with E-state index < -0.39 is 11.9 Å². The van der Waals surface area contributed by atoms with Gasteiger partial charge in [0.2, 0.25) is 5.35 Å². The first-order valence-corrected chi connectivity index (χ1v) is 13.3. The number of anilines is 1. The second kappa shape index (κ2) is 8.16. The third-order valence-corrected chi connectivity index (χ3v) is 8.31. The zero-order chi connectivity index (χ0) is 27.1. The van der Waals surface area contributed by atoms with Crippen LogP contribution in [0.4, 0.5) is 5.69 Å². The molecule has 0 amide bonds. The molecule has 8 rings (SSSR count). The van der Waals surface area contributed by atoms with E-state index in [4.69, 9.17) is 4.74 Å². The van der Waals surface area contributed by atoms with Crippen molar-refractivity contribution in [3.63, 3.8) is 0 Å². The number of rotatable bonds is 3. The van der Waals surface area contributed by atoms with Gasteiger partial charge in [0.15, 0.2) is 12.4 Å². The Morgan fingerprint density at radius 3 is 2.73 bits per heavy atom. The van der Waals surface area contributed by atoms with Gasteiger partial charge in [-0.2, -0.15) is 4.57 Å². The van der Waals surface area contributed by atoms with Gasteiger partial charge in [0, 0.05) is 53.1 Å². The number of benzene rings is 2. The van der Waals surface area contributed by atoms with Crippen molar-refractivity contribution in [3.05, 3.63) is 117 Å². The fraction of sp³-hybridized carbons (Fsp3) is 0.121. The molecule has 5 heterocycles. The summed E-state index contributed by atoms with van der Waals surface area (Å²) in [6, 6.07) is 10.4. The predicted octanol–water partition coefficient (Wildman–Crippen LogP) is 3.71. The van der Waals surface area contributed by atoms with Crippen LogP contribution in [0.3, 0.4) is 0 Å². The van der Waals surface area contributed by atoms with Gasteiger partial charge in [-0.25, -0.2) is 9.59 Å². The summed E-state index contributed by atoms with van der Waals surface area (Å²) in [5, 5.41) is 22.2. The number of fused-ring (bicyclic) bond motifs is 3. The third-order valence-electron chi connectivity index (χ3n) is 8.31. The van der Waals surface area contributed by atoms with E-state index in [1.807, 2.05) is 18.3 Å². The molecule has 7 heteroatoms. The van der Waals surface area contributed by atoms with Crippen molar-refractivity contribution >= 4 is 46.8 Å². The highest BCUT2D eigenvalue weighted by molar-refractivity contribution is 6.05. The van der Waals surface area contributed by atoms with E-state index in [1.165, 1.54) is 23.8 Å². The molecule has 2 N–H and O–H groups in total. The van der Waals surface area contributed by atoms with Gasteiger partial charge in [-0.15, -0.1) is 0 Å². The maximum atomic E-state index is 12.5. The molecule has 0 atom stereocenters. The molecule has 0 fully saturated rings. The molecule has 0 saturated heterocycles. The summed E-state index contributed by atoms with van der Waals surface area (Å²) < 4.78 is 9.00. The Hall–Kier alpha value is -5.17. The molecule has 1 aromatic heterocycles. The largest absolute Gasteiger partial charge is 0.478 e. The highest BCUT2D eigenvalue weighted by Gasteiger charge is 2.37. The van der Waals surface area contributed by atoms with Crippen LogP contribution in [0.5, 0.6) is 5.75 Å². The zero-order valence-corrected chi connectivity index (χ0v) is 21.3. The quantitative estimate of drug-likeness (QED) is 0.505. The SMILES string of the molecule is O=C(O)c1ccc(C(=O)O)c(C2=C3CC4=c5c(ccc[n+]5C=CC4)=C3Oc3c2cc2c4c3CC=CN4CC=C2)c1. The number of aromatic carboxylic acids is 2. The Labute approximate surface area is 228 Å². The standard InChI is InChI=1S/C33H22N2O5/c36-32(37)20-9-10-21(33(38)39)24(17-20)27-25-15-18-5-1-11-34-13-3-7-22(28(18)34)30(25)40-31-23-8-4-14-35-12-2-6-19(29(23)35)16-26(27)31/h1-5,8-10,12-15,17H,6-7,11,16H2,(H-,36,37,38,39)/p+1. The summed E-state index contributed by atoms with van der Waals surface area (Å²) in [5.74, 6) is -0.810. The number of hydrogen-bond acceptors (Lipinski definition) is 4. The van der Waals surface area contributed by atoms with Crippen LogP contribution in [-0.2, 0) is 6.42 Å². The molecule has 0 radical (unpaired) electrons. The van der Waals surface area contributed by atoms with Gasteiger partial charge in [-0.3, -0.25) is 0 Å². The van der Waals surface area contributed by atoms with Gasteiger partial charge >= 0.3 is 11.9 Å². The number of allylic oxidation sites excluding steroid dienone is 2. The molecule has 194 valence electrons. The summed E-state index contributed by atoms with van der Waals surface area (Å²) in [6.45, 7) is 0.761. The Balaban J connectivity index is 1.54. The normalized spacial score (nSPS) is 17.1. The van der Waals surface area contributed by atoms with Crippen molar-refractivity contribution in [1.29, 1.82) is 0 Å². The van der Waals surface area contributed by atoms with E-state index in [1.54, 1.807) is 0 Å². The van der Waals surface area contributed by atoms with Crippen LogP contribution in [-0.4, -0.2) is 28.7 Å². The third kappa shape index (κ3) is 3.09. The Morgan fingerprint density at radius 1 is 0.975 bits per heavy atom. The van der Waals surface area contributed by atoms with Crippen molar-refractivity contribution in [2.75, 3.05) is 11.4 Å². The van der Waals surface area contributed by atoms with Crippen molar-refractivity contribution < 1.29 is 29.1 Å². The lowest BCUT2D eigenvalue weighted by Gasteiger charge is -2.36. The second-order valence-corrected chi connectivity index (χ2v) is 10.5. The fourth-order valence-electron chi connectivity index (χ4n) is 6.69. The van der Waals surface area contributed by atoms with Gasteiger partial charge in [-0.05, 0) is 60.4 Å². The minimum Gasteiger partial charge on any atom is -0.478 e. The topological polar surface area (TPSA) is 90.9 Å². The number of carbonyl (C=O) groups is 2. The van der Waals surface area contributed by atoms with E-state index in [2.05, 4.69) is 52.2 Å². The summed E-state index contributed by atoms with van der Waals surface area (Å²) in [6.07, 6.45) is 16.6. The highest BCUT2D eigenvalue weighted by Crippen LogP contribution is 2.51. The Morgan fingerprint density at radius 2 is 1.88 bits per heavy atom. The smallest absolute Gasteiger partial charge is 0.336 e. The summed E-state index contributed by atoms with van der Waals surface area (Å²) in [4.78, 5) is 26.8. The van der Waals surface area contributed by atoms with Gasteiger partial charge < -0.3 is 19.8 Å². The maximum Gasteiger partial charge on any atom is 0.336 e. The number of carboxylic acid groups (broad SMARTS) is 2. The van der Waals surface area contributed by atoms with Gasteiger partial charge in [0.1, 0.15) is 11.5 Å². The molecular weight excluding hydrogens is 504 g/mol. The van der Waals surface area contributed by atoms with Crippen LogP contribution in [0, 0.1) is 0 Å². The lowest BCUT2D eigenvalue weighted by molar-refractivity contribution is -0.585. The number of aromatic nitrogens is 1. The molecule has 1 aliphatic carbocycles. The predicted molar refractivity (Wildman–Crippen MR) is 150 cm³/mol. The molecule has 40 heavy (non-hydrogen) atoms. The number of carboxylic acids is 2. The van der Waals surface area contributed by atoms with Gasteiger partial charge in [-0.1, -0.05) is 18.2 Å². The first kappa shape index (κ1) is 22.8. The zero-order valence-electron chi connectivity index (χ0n) is 21.3. The molecular formula is C33H23N2O5+. The second-order valence-electron chi connectivity index (χ2n) is 10.5. The minimum absolute atomic E-state index is 0.0401. The minimum atomic E-state index is -1.11. The molecule has 0 spiro atoms. The lowest BCUT2D eigenvalue weighted by atomic mass is 9.79. The fourth-order valence-corrected chi connectivity index (χ4v) is 6.69. The molecule has 0 unspecified atom stereocenters. The van der Waals surface area contributed by atoms with Crippen LogP contribution in [0.25, 0.3) is 29.2 Å². The average molecular weight is 528 g/mol. The molecule has 0 saturated carbocycles. The number of pyridine rings is 1. The van der Waals surface area contributed by atoms with Crippen LogP contribution >= 0.6 is 0 Å². The molecule has 0 bridgehead atoms. The summed E-state index contributed by atoms with van der Waals surface area (Å²) >= 11 is 0. The molecule has 4 aliphatic heterocycles. The first-order valence-electron chi connectivity index (χ1n) is 13.3. The van der Waals surface area contributed by atoms with Gasteiger partial charge in [0.05, 0.1) is 22.0 Å². The van der Waals surface area contributed by atoms with Crippen LogP contribution in [0.1, 0.15) is 55.8 Å². The Kier molecular flexibility index (Phi) is 4.65. The van der Waals surface area contributed by atoms with Crippen LogP contribution in [0.15, 0.2) is 72.6 Å². The first-order chi connectivity index (χ1) is 19.5. The number of nitrogens with zero attached hydrogens (tertiary/aromatic N) is 2. The molecule has 2 aromatic carbocycles. The molecule has 7 nitrogen and oxygen atoms in total.